The van der Waals surface area contributed by atoms with E-state index < -0.39 is 11.7 Å². The maximum absolute atomic E-state index is 11.7. The van der Waals surface area contributed by atoms with E-state index in [0.717, 1.165) is 54.3 Å². The number of imidazole rings is 1. The van der Waals surface area contributed by atoms with E-state index in [2.05, 4.69) is 56.3 Å². The molecule has 1 aliphatic rings. The van der Waals surface area contributed by atoms with Crippen LogP contribution in [0.2, 0.25) is 0 Å². The van der Waals surface area contributed by atoms with Crippen LogP contribution in [0.15, 0.2) is 36.4 Å². The van der Waals surface area contributed by atoms with E-state index in [-0.39, 0.29) is 0 Å². The van der Waals surface area contributed by atoms with Gasteiger partial charge in [-0.2, -0.15) is 10.4 Å². The highest BCUT2D eigenvalue weighted by molar-refractivity contribution is 5.84. The summed E-state index contributed by atoms with van der Waals surface area (Å²) in [6.45, 7) is 9.52. The van der Waals surface area contributed by atoms with Crippen molar-refractivity contribution in [1.29, 1.82) is 0 Å². The number of likely N-dealkylation sites (N-methyl/N-ethyl adjacent to an activating group) is 1. The Morgan fingerprint density at radius 1 is 1.06 bits per heavy atom. The first-order chi connectivity index (χ1) is 16.2. The molecule has 4 N–H and O–H groups in total. The van der Waals surface area contributed by atoms with Crippen LogP contribution in [0, 0.1) is 0 Å². The Balaban J connectivity index is 1.46. The average molecular weight is 468 g/mol. The monoisotopic (exact) mass is 467 g/mol. The van der Waals surface area contributed by atoms with Crippen molar-refractivity contribution in [3.05, 3.63) is 36.4 Å². The van der Waals surface area contributed by atoms with E-state index in [0.29, 0.717) is 5.69 Å². The van der Waals surface area contributed by atoms with Crippen LogP contribution in [0.1, 0.15) is 20.8 Å². The third-order valence-corrected chi connectivity index (χ3v) is 5.59. The molecular formula is C24H33N7O3. The summed E-state index contributed by atoms with van der Waals surface area (Å²) in [6.07, 6.45) is -0.680. The van der Waals surface area contributed by atoms with Crippen molar-refractivity contribution in [3.8, 4) is 11.4 Å². The average Bonchev–Trinajstić information content (AvgIpc) is 3.22. The van der Waals surface area contributed by atoms with Crippen LogP contribution in [-0.4, -0.2) is 66.8 Å². The van der Waals surface area contributed by atoms with Crippen LogP contribution in [0.3, 0.4) is 0 Å². The molecule has 34 heavy (non-hydrogen) atoms. The van der Waals surface area contributed by atoms with Gasteiger partial charge in [-0.3, -0.25) is 0 Å². The molecule has 4 rings (SSSR count). The summed E-state index contributed by atoms with van der Waals surface area (Å²) in [5.41, 5.74) is 9.81. The van der Waals surface area contributed by atoms with Gasteiger partial charge in [-0.25, -0.2) is 15.3 Å². The molecule has 0 atom stereocenters. The topological polar surface area (TPSA) is 107 Å². The molecule has 10 nitrogen and oxygen atoms in total. The van der Waals surface area contributed by atoms with Gasteiger partial charge in [0.2, 0.25) is 0 Å². The van der Waals surface area contributed by atoms with Gasteiger partial charge in [0.1, 0.15) is 11.4 Å². The molecule has 0 spiro atoms. The van der Waals surface area contributed by atoms with Crippen molar-refractivity contribution in [1.82, 2.24) is 20.3 Å². The second-order valence-electron chi connectivity index (χ2n) is 9.40. The summed E-state index contributed by atoms with van der Waals surface area (Å²) in [4.78, 5) is 29.8. The molecular weight excluding hydrogens is 434 g/mol. The fraction of sp³-hybridized carbons (Fsp3) is 0.417. The highest BCUT2D eigenvalue weighted by Crippen LogP contribution is 2.30. The van der Waals surface area contributed by atoms with Crippen LogP contribution in [-0.2, 0) is 9.68 Å². The lowest BCUT2D eigenvalue weighted by Crippen LogP contribution is -2.44. The van der Waals surface area contributed by atoms with E-state index in [9.17, 15) is 4.79 Å². The zero-order chi connectivity index (χ0) is 24.3. The van der Waals surface area contributed by atoms with Gasteiger partial charge in [0.15, 0.2) is 0 Å². The summed E-state index contributed by atoms with van der Waals surface area (Å²) in [5.74, 6) is 0.779. The Hall–Kier alpha value is -3.50. The third kappa shape index (κ3) is 5.70. The molecule has 3 aromatic rings. The van der Waals surface area contributed by atoms with E-state index >= 15 is 0 Å². The van der Waals surface area contributed by atoms with Crippen molar-refractivity contribution in [2.45, 2.75) is 26.4 Å². The molecule has 1 saturated heterocycles. The van der Waals surface area contributed by atoms with Crippen LogP contribution in [0.4, 0.5) is 21.9 Å². The number of hydrogen-bond donors (Lipinski definition) is 4. The molecule has 0 radical (unpaired) electrons. The summed E-state index contributed by atoms with van der Waals surface area (Å²) in [7, 11) is 3.97. The molecule has 182 valence electrons. The Morgan fingerprint density at radius 2 is 1.82 bits per heavy atom. The molecule has 10 heteroatoms. The summed E-state index contributed by atoms with van der Waals surface area (Å²) in [6, 6.07) is 12.1. The Kier molecular flexibility index (Phi) is 6.80. The fourth-order valence-electron chi connectivity index (χ4n) is 3.80. The Labute approximate surface area is 199 Å². The van der Waals surface area contributed by atoms with Crippen molar-refractivity contribution in [3.63, 3.8) is 0 Å². The quantitative estimate of drug-likeness (QED) is 0.406. The molecule has 2 aromatic carbocycles. The summed E-state index contributed by atoms with van der Waals surface area (Å²) < 4.78 is 5.14. The fourth-order valence-corrected chi connectivity index (χ4v) is 3.80. The summed E-state index contributed by atoms with van der Waals surface area (Å²) >= 11 is 0. The Morgan fingerprint density at radius 3 is 2.53 bits per heavy atom. The SMILES string of the molecule is CNc1cc(-c2nc3ccc(N4CCN(C)CC4)cc3[nH]2)ccc1NONC(=O)OC(C)(C)C. The number of fused-ring (bicyclic) bond motifs is 1. The molecule has 1 aromatic heterocycles. The number of rotatable bonds is 6. The number of amides is 1. The minimum absolute atomic E-state index is 0.608. The first kappa shape index (κ1) is 23.7. The largest absolute Gasteiger partial charge is 0.442 e. The number of nitrogens with one attached hydrogen (secondary N) is 4. The third-order valence-electron chi connectivity index (χ3n) is 5.59. The Bertz CT molecular complexity index is 1150. The van der Waals surface area contributed by atoms with Crippen molar-refractivity contribution < 1.29 is 14.5 Å². The molecule has 0 unspecified atom stereocenters. The van der Waals surface area contributed by atoms with Crippen molar-refractivity contribution in [2.75, 3.05) is 56.0 Å². The maximum atomic E-state index is 11.7. The first-order valence-electron chi connectivity index (χ1n) is 11.4. The van der Waals surface area contributed by atoms with Crippen molar-refractivity contribution >= 4 is 34.2 Å². The number of aromatic nitrogens is 2. The minimum atomic E-state index is -0.680. The van der Waals surface area contributed by atoms with Gasteiger partial charge in [0.05, 0.1) is 22.4 Å². The van der Waals surface area contributed by atoms with E-state index in [1.165, 1.54) is 5.69 Å². The highest BCUT2D eigenvalue weighted by Gasteiger charge is 2.17. The lowest BCUT2D eigenvalue weighted by molar-refractivity contribution is 0.00813. The van der Waals surface area contributed by atoms with Crippen LogP contribution < -0.4 is 21.2 Å². The number of ether oxygens (including phenoxy) is 1. The molecule has 1 fully saturated rings. The zero-order valence-electron chi connectivity index (χ0n) is 20.4. The van der Waals surface area contributed by atoms with Gasteiger partial charge < -0.3 is 24.8 Å². The van der Waals surface area contributed by atoms with Crippen LogP contribution in [0.5, 0.6) is 0 Å². The number of anilines is 3. The highest BCUT2D eigenvalue weighted by atomic mass is 16.8. The molecule has 0 saturated carbocycles. The number of carbonyl (C=O) groups excluding carboxylic acids is 1. The number of H-pyrrole nitrogens is 1. The summed E-state index contributed by atoms with van der Waals surface area (Å²) in [5, 5.41) is 3.13. The van der Waals surface area contributed by atoms with Gasteiger partial charge >= 0.3 is 6.09 Å². The standard InChI is InChI=1S/C24H33N7O3/c1-24(2,3)33-23(32)29-34-28-19-8-6-16(14-20(19)25-4)22-26-18-9-7-17(15-21(18)27-22)31-12-10-30(5)11-13-31/h6-9,14-15,25,28H,10-13H2,1-5H3,(H,26,27)(H,29,32). The second kappa shape index (κ2) is 9.78. The van der Waals surface area contributed by atoms with Gasteiger partial charge in [-0.1, -0.05) is 0 Å². The first-order valence-corrected chi connectivity index (χ1v) is 11.4. The number of carbonyl (C=O) groups is 1. The zero-order valence-corrected chi connectivity index (χ0v) is 20.4. The van der Waals surface area contributed by atoms with Crippen molar-refractivity contribution in [2.24, 2.45) is 0 Å². The maximum Gasteiger partial charge on any atom is 0.433 e. The second-order valence-corrected chi connectivity index (χ2v) is 9.40. The van der Waals surface area contributed by atoms with Gasteiger partial charge in [-0.05, 0) is 64.2 Å². The molecule has 0 bridgehead atoms. The number of benzene rings is 2. The predicted octanol–water partition coefficient (Wildman–Crippen LogP) is 3.81. The van der Waals surface area contributed by atoms with E-state index in [4.69, 9.17) is 14.7 Å². The van der Waals surface area contributed by atoms with Crippen LogP contribution in [0.25, 0.3) is 22.4 Å². The number of hydroxylamine groups is 1. The van der Waals surface area contributed by atoms with E-state index in [1.807, 2.05) is 25.2 Å². The van der Waals surface area contributed by atoms with Gasteiger partial charge in [0, 0.05) is 44.5 Å². The molecule has 1 aliphatic heterocycles. The normalized spacial score (nSPS) is 14.8. The lowest BCUT2D eigenvalue weighted by Gasteiger charge is -2.34. The molecule has 1 amide bonds. The minimum Gasteiger partial charge on any atom is -0.442 e. The number of nitrogens with zero attached hydrogens (tertiary/aromatic N) is 3. The van der Waals surface area contributed by atoms with Crippen LogP contribution >= 0.6 is 0 Å². The number of hydrogen-bond acceptors (Lipinski definition) is 8. The van der Waals surface area contributed by atoms with E-state index in [1.54, 1.807) is 20.8 Å². The predicted molar refractivity (Wildman–Crippen MR) is 135 cm³/mol. The number of aromatic amines is 1. The lowest BCUT2D eigenvalue weighted by atomic mass is 10.1. The molecule has 2 heterocycles. The molecule has 0 aliphatic carbocycles. The van der Waals surface area contributed by atoms with Gasteiger partial charge in [0.25, 0.3) is 0 Å². The van der Waals surface area contributed by atoms with Gasteiger partial charge in [-0.15, -0.1) is 0 Å². The smallest absolute Gasteiger partial charge is 0.433 e. The number of piperazine rings is 1.